The van der Waals surface area contributed by atoms with Crippen molar-refractivity contribution in [2.45, 2.75) is 6.54 Å². The first-order valence-electron chi connectivity index (χ1n) is 4.63. The largest absolute Gasteiger partial charge is 1.00 e. The molecule has 0 atom stereocenters. The number of rotatable bonds is 2. The highest BCUT2D eigenvalue weighted by Crippen LogP contribution is 2.05. The molecule has 0 bridgehead atoms. The van der Waals surface area contributed by atoms with Crippen LogP contribution in [0.3, 0.4) is 0 Å². The average molecular weight is 221 g/mol. The third-order valence-corrected chi connectivity index (χ3v) is 2.09. The second-order valence-corrected chi connectivity index (χ2v) is 3.29. The summed E-state index contributed by atoms with van der Waals surface area (Å²) >= 11 is 0. The van der Waals surface area contributed by atoms with Gasteiger partial charge in [-0.1, -0.05) is 18.2 Å². The summed E-state index contributed by atoms with van der Waals surface area (Å²) in [4.78, 5) is 0. The van der Waals surface area contributed by atoms with E-state index in [9.17, 15) is 0 Å². The highest BCUT2D eigenvalue weighted by molar-refractivity contribution is 5.40. The molecule has 2 aromatic rings. The Balaban J connectivity index is 0.00000112. The first-order valence-corrected chi connectivity index (χ1v) is 4.63. The molecule has 2 rings (SSSR count). The van der Waals surface area contributed by atoms with Crippen molar-refractivity contribution in [2.24, 2.45) is 0 Å². The second-order valence-electron chi connectivity index (χ2n) is 3.29. The summed E-state index contributed by atoms with van der Waals surface area (Å²) in [5.74, 6) is 0. The highest BCUT2D eigenvalue weighted by Gasteiger charge is 2.00. The van der Waals surface area contributed by atoms with Crippen molar-refractivity contribution >= 4 is 5.69 Å². The molecule has 1 aromatic carbocycles. The normalized spacial score (nSPS) is 9.33. The molecule has 0 radical (unpaired) electrons. The number of halogens is 1. The Morgan fingerprint density at radius 1 is 1.00 bits per heavy atom. The van der Waals surface area contributed by atoms with Crippen LogP contribution >= 0.6 is 0 Å². The molecule has 1 heterocycles. The lowest BCUT2D eigenvalue weighted by atomic mass is 10.2. The highest BCUT2D eigenvalue weighted by atomic mass is 35.5. The Labute approximate surface area is 95.8 Å². The Morgan fingerprint density at radius 3 is 2.40 bits per heavy atom. The number of anilines is 1. The van der Waals surface area contributed by atoms with E-state index in [1.807, 2.05) is 48.8 Å². The van der Waals surface area contributed by atoms with Crippen molar-refractivity contribution in [3.63, 3.8) is 0 Å². The zero-order valence-electron chi connectivity index (χ0n) is 8.31. The topological polar surface area (TPSA) is 29.9 Å². The molecule has 0 aliphatic rings. The van der Waals surface area contributed by atoms with E-state index in [1.54, 1.807) is 0 Å². The van der Waals surface area contributed by atoms with E-state index in [1.165, 1.54) is 5.56 Å². The van der Waals surface area contributed by atoms with Crippen molar-refractivity contribution < 1.29 is 17.0 Å². The molecule has 0 saturated carbocycles. The van der Waals surface area contributed by atoms with E-state index in [4.69, 9.17) is 5.73 Å². The molecule has 0 spiro atoms. The fraction of sp³-hybridized carbons (Fsp3) is 0.0833. The Hall–Kier alpha value is -1.54. The molecule has 2 nitrogen and oxygen atoms in total. The minimum absolute atomic E-state index is 0. The molecule has 0 amide bonds. The van der Waals surface area contributed by atoms with Gasteiger partial charge < -0.3 is 18.1 Å². The summed E-state index contributed by atoms with van der Waals surface area (Å²) in [7, 11) is 0. The van der Waals surface area contributed by atoms with Gasteiger partial charge in [-0.05, 0) is 12.1 Å². The summed E-state index contributed by atoms with van der Waals surface area (Å²) in [6.07, 6.45) is 4.09. The molecule has 0 saturated heterocycles. The molecule has 0 aliphatic heterocycles. The zero-order valence-corrected chi connectivity index (χ0v) is 9.06. The summed E-state index contributed by atoms with van der Waals surface area (Å²) < 4.78 is 2.12. The second kappa shape index (κ2) is 5.37. The van der Waals surface area contributed by atoms with Crippen LogP contribution in [0.5, 0.6) is 0 Å². The Bertz CT molecular complexity index is 415. The molecular weight excluding hydrogens is 208 g/mol. The minimum atomic E-state index is 0. The summed E-state index contributed by atoms with van der Waals surface area (Å²) in [5, 5.41) is 0. The molecule has 2 N–H and O–H groups in total. The van der Waals surface area contributed by atoms with E-state index in [2.05, 4.69) is 10.6 Å². The fourth-order valence-corrected chi connectivity index (χ4v) is 1.44. The van der Waals surface area contributed by atoms with Gasteiger partial charge in [0.15, 0.2) is 18.9 Å². The van der Waals surface area contributed by atoms with Crippen molar-refractivity contribution in [1.82, 2.24) is 0 Å². The van der Waals surface area contributed by atoms with Crippen LogP contribution in [0.1, 0.15) is 5.56 Å². The van der Waals surface area contributed by atoms with Gasteiger partial charge in [-0.15, -0.1) is 0 Å². The lowest BCUT2D eigenvalue weighted by molar-refractivity contribution is -0.688. The predicted molar refractivity (Wildman–Crippen MR) is 56.6 cm³/mol. The summed E-state index contributed by atoms with van der Waals surface area (Å²) in [5.41, 5.74) is 7.74. The minimum Gasteiger partial charge on any atom is -1.00 e. The van der Waals surface area contributed by atoms with Crippen LogP contribution < -0.4 is 22.7 Å². The van der Waals surface area contributed by atoms with Crippen LogP contribution in [0.2, 0.25) is 0 Å². The number of pyridine rings is 1. The van der Waals surface area contributed by atoms with Crippen LogP contribution in [0.4, 0.5) is 5.69 Å². The maximum atomic E-state index is 5.70. The van der Waals surface area contributed by atoms with Gasteiger partial charge in [0, 0.05) is 23.4 Å². The van der Waals surface area contributed by atoms with Gasteiger partial charge >= 0.3 is 0 Å². The molecule has 0 unspecified atom stereocenters. The predicted octanol–water partition coefficient (Wildman–Crippen LogP) is -1.39. The first-order chi connectivity index (χ1) is 6.84. The van der Waals surface area contributed by atoms with Gasteiger partial charge in [0.1, 0.15) is 0 Å². The van der Waals surface area contributed by atoms with E-state index in [0.29, 0.717) is 0 Å². The number of nitrogen functional groups attached to an aromatic ring is 1. The van der Waals surface area contributed by atoms with E-state index >= 15 is 0 Å². The quantitative estimate of drug-likeness (QED) is 0.490. The first kappa shape index (κ1) is 11.5. The maximum absolute atomic E-state index is 5.70. The van der Waals surface area contributed by atoms with E-state index in [-0.39, 0.29) is 12.4 Å². The molecule has 1 aromatic heterocycles. The number of hydrogen-bond donors (Lipinski definition) is 1. The van der Waals surface area contributed by atoms with Crippen LogP contribution in [-0.2, 0) is 6.54 Å². The number of nitrogens with zero attached hydrogens (tertiary/aromatic N) is 1. The lowest BCUT2D eigenvalue weighted by Crippen LogP contribution is -3.00. The molecule has 0 fully saturated rings. The lowest BCUT2D eigenvalue weighted by Gasteiger charge is -1.98. The van der Waals surface area contributed by atoms with Crippen LogP contribution in [0.15, 0.2) is 54.9 Å². The van der Waals surface area contributed by atoms with E-state index in [0.717, 1.165) is 12.2 Å². The van der Waals surface area contributed by atoms with Crippen molar-refractivity contribution in [3.8, 4) is 0 Å². The monoisotopic (exact) mass is 220 g/mol. The summed E-state index contributed by atoms with van der Waals surface area (Å²) in [6, 6.07) is 14.0. The van der Waals surface area contributed by atoms with E-state index < -0.39 is 0 Å². The van der Waals surface area contributed by atoms with Gasteiger partial charge in [-0.3, -0.25) is 0 Å². The third-order valence-electron chi connectivity index (χ3n) is 2.09. The molecule has 3 heteroatoms. The molecule has 15 heavy (non-hydrogen) atoms. The number of nitrogens with two attached hydrogens (primary N) is 1. The van der Waals surface area contributed by atoms with Crippen LogP contribution in [0.25, 0.3) is 0 Å². The number of benzene rings is 1. The zero-order chi connectivity index (χ0) is 9.80. The van der Waals surface area contributed by atoms with Crippen LogP contribution in [0, 0.1) is 0 Å². The summed E-state index contributed by atoms with van der Waals surface area (Å²) in [6.45, 7) is 0.867. The van der Waals surface area contributed by atoms with Crippen molar-refractivity contribution in [2.75, 3.05) is 5.73 Å². The molecular formula is C12H13ClN2. The van der Waals surface area contributed by atoms with Crippen molar-refractivity contribution in [1.29, 1.82) is 0 Å². The SMILES string of the molecule is Nc1cccc(C[n+]2ccccc2)c1.[Cl-]. The van der Waals surface area contributed by atoms with Gasteiger partial charge in [0.25, 0.3) is 0 Å². The van der Waals surface area contributed by atoms with Gasteiger partial charge in [-0.2, -0.15) is 0 Å². The van der Waals surface area contributed by atoms with Crippen molar-refractivity contribution in [3.05, 3.63) is 60.4 Å². The number of aromatic nitrogens is 1. The number of hydrogen-bond acceptors (Lipinski definition) is 1. The van der Waals surface area contributed by atoms with Gasteiger partial charge in [0.05, 0.1) is 0 Å². The average Bonchev–Trinajstić information content (AvgIpc) is 2.19. The molecule has 0 aliphatic carbocycles. The van der Waals surface area contributed by atoms with Crippen LogP contribution in [-0.4, -0.2) is 0 Å². The fourth-order valence-electron chi connectivity index (χ4n) is 1.44. The maximum Gasteiger partial charge on any atom is 0.173 e. The standard InChI is InChI=1S/C12H13N2.ClH/c13-12-6-4-5-11(9-12)10-14-7-2-1-3-8-14;/h1-9H,10,13H2;1H/q+1;/p-1. The Morgan fingerprint density at radius 2 is 1.73 bits per heavy atom. The third kappa shape index (κ3) is 3.26. The van der Waals surface area contributed by atoms with Gasteiger partial charge in [-0.25, -0.2) is 4.57 Å². The smallest absolute Gasteiger partial charge is 0.173 e. The Kier molecular flexibility index (Phi) is 4.13. The van der Waals surface area contributed by atoms with Gasteiger partial charge in [0.2, 0.25) is 0 Å². The molecule has 78 valence electrons.